The van der Waals surface area contributed by atoms with Gasteiger partial charge in [-0.3, -0.25) is 4.79 Å². The van der Waals surface area contributed by atoms with Crippen LogP contribution in [0.3, 0.4) is 0 Å². The Balaban J connectivity index is 1.67. The van der Waals surface area contributed by atoms with Crippen molar-refractivity contribution < 1.29 is 14.3 Å². The van der Waals surface area contributed by atoms with Crippen LogP contribution in [-0.2, 0) is 6.61 Å². The first-order valence-electron chi connectivity index (χ1n) is 8.70. The minimum atomic E-state index is 0.519. The van der Waals surface area contributed by atoms with Gasteiger partial charge in [0.2, 0.25) is 0 Å². The van der Waals surface area contributed by atoms with Gasteiger partial charge in [-0.1, -0.05) is 42.5 Å². The van der Waals surface area contributed by atoms with Gasteiger partial charge in [0, 0.05) is 16.5 Å². The van der Waals surface area contributed by atoms with E-state index < -0.39 is 0 Å². The summed E-state index contributed by atoms with van der Waals surface area (Å²) in [6.45, 7) is 0.519. The van der Waals surface area contributed by atoms with E-state index in [1.165, 1.54) is 0 Å². The molecule has 0 saturated heterocycles. The third kappa shape index (κ3) is 3.42. The molecular weight excluding hydrogens is 338 g/mol. The van der Waals surface area contributed by atoms with Crippen molar-refractivity contribution in [1.29, 1.82) is 0 Å². The number of carbonyl (C=O) groups excluding carboxylic acids is 1. The molecule has 27 heavy (non-hydrogen) atoms. The van der Waals surface area contributed by atoms with Crippen LogP contribution < -0.4 is 9.47 Å². The highest BCUT2D eigenvalue weighted by atomic mass is 16.5. The highest BCUT2D eigenvalue weighted by Gasteiger charge is 2.14. The summed E-state index contributed by atoms with van der Waals surface area (Å²) in [4.78, 5) is 14.8. The van der Waals surface area contributed by atoms with E-state index in [0.717, 1.165) is 39.8 Å². The van der Waals surface area contributed by atoms with E-state index in [0.29, 0.717) is 17.9 Å². The summed E-state index contributed by atoms with van der Waals surface area (Å²) in [5.74, 6) is 1.46. The average Bonchev–Trinajstić information content (AvgIpc) is 3.15. The van der Waals surface area contributed by atoms with Crippen molar-refractivity contribution in [2.75, 3.05) is 7.11 Å². The Bertz CT molecular complexity index is 1080. The molecule has 4 aromatic rings. The molecule has 134 valence electrons. The number of aldehydes is 1. The van der Waals surface area contributed by atoms with Crippen LogP contribution in [0.15, 0.2) is 72.8 Å². The van der Waals surface area contributed by atoms with E-state index >= 15 is 0 Å². The smallest absolute Gasteiger partial charge is 0.150 e. The highest BCUT2D eigenvalue weighted by molar-refractivity contribution is 5.94. The van der Waals surface area contributed by atoms with E-state index in [4.69, 9.17) is 9.47 Å². The van der Waals surface area contributed by atoms with Crippen molar-refractivity contribution in [1.82, 2.24) is 4.98 Å². The minimum absolute atomic E-state index is 0.519. The molecule has 4 nitrogen and oxygen atoms in total. The molecule has 0 spiro atoms. The maximum Gasteiger partial charge on any atom is 0.150 e. The van der Waals surface area contributed by atoms with Crippen molar-refractivity contribution in [3.8, 4) is 22.8 Å². The molecule has 0 bridgehead atoms. The fourth-order valence-electron chi connectivity index (χ4n) is 3.18. The Morgan fingerprint density at radius 2 is 1.81 bits per heavy atom. The molecule has 4 heteroatoms. The number of rotatable bonds is 6. The van der Waals surface area contributed by atoms with Gasteiger partial charge in [0.05, 0.1) is 18.4 Å². The molecule has 0 aliphatic carbocycles. The number of aromatic amines is 1. The number of ether oxygens (including phenoxy) is 2. The lowest BCUT2D eigenvalue weighted by Crippen LogP contribution is -1.94. The molecule has 4 rings (SSSR count). The third-order valence-electron chi connectivity index (χ3n) is 4.52. The predicted molar refractivity (Wildman–Crippen MR) is 106 cm³/mol. The molecule has 0 aliphatic heterocycles. The predicted octanol–water partition coefficient (Wildman–Crippen LogP) is 5.24. The van der Waals surface area contributed by atoms with Crippen LogP contribution in [0.5, 0.6) is 11.5 Å². The monoisotopic (exact) mass is 357 g/mol. The molecule has 0 amide bonds. The first-order valence-corrected chi connectivity index (χ1v) is 8.70. The molecule has 0 aliphatic rings. The molecule has 1 N–H and O–H groups in total. The van der Waals surface area contributed by atoms with E-state index in [9.17, 15) is 4.79 Å². The topological polar surface area (TPSA) is 51.3 Å². The summed E-state index contributed by atoms with van der Waals surface area (Å²) in [5, 5.41) is 1.01. The van der Waals surface area contributed by atoms with Crippen molar-refractivity contribution in [2.24, 2.45) is 0 Å². The summed E-state index contributed by atoms with van der Waals surface area (Å²) < 4.78 is 11.4. The number of aromatic nitrogens is 1. The Hall–Kier alpha value is -3.53. The number of nitrogens with one attached hydrogen (secondary N) is 1. The van der Waals surface area contributed by atoms with Crippen LogP contribution in [-0.4, -0.2) is 18.4 Å². The van der Waals surface area contributed by atoms with Crippen molar-refractivity contribution in [3.63, 3.8) is 0 Å². The second-order valence-corrected chi connectivity index (χ2v) is 6.25. The fraction of sp³-hybridized carbons (Fsp3) is 0.0870. The maximum atomic E-state index is 11.5. The zero-order valence-corrected chi connectivity index (χ0v) is 14.9. The van der Waals surface area contributed by atoms with Crippen LogP contribution in [0.2, 0.25) is 0 Å². The molecule has 0 saturated carbocycles. The molecule has 0 unspecified atom stereocenters. The van der Waals surface area contributed by atoms with E-state index in [1.807, 2.05) is 66.7 Å². The quantitative estimate of drug-likeness (QED) is 0.480. The van der Waals surface area contributed by atoms with Gasteiger partial charge in [0.25, 0.3) is 0 Å². The lowest BCUT2D eigenvalue weighted by Gasteiger charge is -2.08. The summed E-state index contributed by atoms with van der Waals surface area (Å²) in [6.07, 6.45) is 0.845. The van der Waals surface area contributed by atoms with E-state index in [-0.39, 0.29) is 0 Å². The number of methoxy groups -OCH3 is 1. The zero-order chi connectivity index (χ0) is 18.6. The lowest BCUT2D eigenvalue weighted by atomic mass is 10.0. The zero-order valence-electron chi connectivity index (χ0n) is 14.9. The van der Waals surface area contributed by atoms with Gasteiger partial charge in [-0.25, -0.2) is 0 Å². The van der Waals surface area contributed by atoms with Crippen LogP contribution in [0.25, 0.3) is 22.2 Å². The number of hydrogen-bond donors (Lipinski definition) is 1. The highest BCUT2D eigenvalue weighted by Crippen LogP contribution is 2.35. The third-order valence-corrected chi connectivity index (χ3v) is 4.52. The Kier molecular flexibility index (Phi) is 4.62. The van der Waals surface area contributed by atoms with Crippen molar-refractivity contribution in [3.05, 3.63) is 83.9 Å². The summed E-state index contributed by atoms with van der Waals surface area (Å²) in [7, 11) is 1.60. The number of H-pyrrole nitrogens is 1. The van der Waals surface area contributed by atoms with Gasteiger partial charge in [-0.15, -0.1) is 0 Å². The Morgan fingerprint density at radius 1 is 0.963 bits per heavy atom. The number of hydrogen-bond acceptors (Lipinski definition) is 3. The van der Waals surface area contributed by atoms with Crippen molar-refractivity contribution >= 4 is 17.2 Å². The number of carbonyl (C=O) groups is 1. The van der Waals surface area contributed by atoms with Crippen LogP contribution in [0, 0.1) is 0 Å². The minimum Gasteiger partial charge on any atom is -0.496 e. The van der Waals surface area contributed by atoms with Gasteiger partial charge < -0.3 is 14.5 Å². The van der Waals surface area contributed by atoms with Gasteiger partial charge in [0.1, 0.15) is 18.1 Å². The second-order valence-electron chi connectivity index (χ2n) is 6.25. The van der Waals surface area contributed by atoms with Gasteiger partial charge in [-0.05, 0) is 35.9 Å². The van der Waals surface area contributed by atoms with E-state index in [2.05, 4.69) is 4.98 Å². The molecule has 0 atom stereocenters. The molecule has 0 fully saturated rings. The van der Waals surface area contributed by atoms with Gasteiger partial charge >= 0.3 is 0 Å². The van der Waals surface area contributed by atoms with Gasteiger partial charge in [0.15, 0.2) is 6.29 Å². The summed E-state index contributed by atoms with van der Waals surface area (Å²) in [6, 6.07) is 23.4. The first-order chi connectivity index (χ1) is 13.3. The van der Waals surface area contributed by atoms with Crippen LogP contribution in [0.4, 0.5) is 0 Å². The molecule has 1 heterocycles. The fourth-order valence-corrected chi connectivity index (χ4v) is 3.18. The number of fused-ring (bicyclic) bond motifs is 1. The molecule has 3 aromatic carbocycles. The molecule has 1 aromatic heterocycles. The van der Waals surface area contributed by atoms with Crippen LogP contribution >= 0.6 is 0 Å². The summed E-state index contributed by atoms with van der Waals surface area (Å²) >= 11 is 0. The largest absolute Gasteiger partial charge is 0.496 e. The lowest BCUT2D eigenvalue weighted by molar-refractivity contribution is 0.112. The maximum absolute atomic E-state index is 11.5. The summed E-state index contributed by atoms with van der Waals surface area (Å²) in [5.41, 5.74) is 4.28. The van der Waals surface area contributed by atoms with Crippen molar-refractivity contribution in [2.45, 2.75) is 6.61 Å². The Morgan fingerprint density at radius 3 is 2.59 bits per heavy atom. The van der Waals surface area contributed by atoms with Crippen LogP contribution in [0.1, 0.15) is 15.9 Å². The molecule has 0 radical (unpaired) electrons. The number of benzene rings is 3. The molecular formula is C23H19NO3. The average molecular weight is 357 g/mol. The Labute approximate surface area is 157 Å². The normalized spacial score (nSPS) is 10.7. The first kappa shape index (κ1) is 16.9. The van der Waals surface area contributed by atoms with Gasteiger partial charge in [-0.2, -0.15) is 0 Å². The standard InChI is InChI=1S/C23H19NO3/c1-26-22-9-5-8-17(14-25)23(22)21-13-18-12-19(10-11-20(18)24-21)27-15-16-6-3-2-4-7-16/h2-14,24H,15H2,1H3. The second kappa shape index (κ2) is 7.38. The SMILES string of the molecule is COc1cccc(C=O)c1-c1cc2cc(OCc3ccccc3)ccc2[nH]1. The van der Waals surface area contributed by atoms with E-state index in [1.54, 1.807) is 13.2 Å².